The van der Waals surface area contributed by atoms with Gasteiger partial charge in [-0.15, -0.1) is 0 Å². The number of benzene rings is 1. The van der Waals surface area contributed by atoms with Gasteiger partial charge in [-0.2, -0.15) is 13.2 Å². The van der Waals surface area contributed by atoms with Crippen LogP contribution in [-0.2, 0) is 6.42 Å². The maximum Gasteiger partial charge on any atom is 0.389 e. The number of alkyl halides is 3. The predicted octanol–water partition coefficient (Wildman–Crippen LogP) is 3.93. The van der Waals surface area contributed by atoms with Gasteiger partial charge in [-0.25, -0.2) is 17.6 Å². The van der Waals surface area contributed by atoms with Crippen molar-refractivity contribution in [3.8, 4) is 0 Å². The highest BCUT2D eigenvalue weighted by Crippen LogP contribution is 2.24. The van der Waals surface area contributed by atoms with E-state index >= 15 is 0 Å². The minimum atomic E-state index is -4.44. The average Bonchev–Trinajstić information content (AvgIpc) is 2.21. The highest BCUT2D eigenvalue weighted by atomic mass is 19.4. The van der Waals surface area contributed by atoms with Crippen LogP contribution < -0.4 is 0 Å². The first-order chi connectivity index (χ1) is 7.72. The predicted molar refractivity (Wildman–Crippen MR) is 44.1 cm³/mol. The molecule has 17 heavy (non-hydrogen) atoms. The highest BCUT2D eigenvalue weighted by Gasteiger charge is 2.27. The van der Waals surface area contributed by atoms with Crippen molar-refractivity contribution < 1.29 is 30.7 Å². The summed E-state index contributed by atoms with van der Waals surface area (Å²) in [6.07, 6.45) is -6.78. The Kier molecular flexibility index (Phi) is 4.00. The van der Waals surface area contributed by atoms with Crippen molar-refractivity contribution in [3.05, 3.63) is 34.9 Å². The molecule has 0 heterocycles. The molecule has 1 aromatic carbocycles. The Hall–Kier alpha value is -1.27. The molecular formula is C10H6F7. The van der Waals surface area contributed by atoms with Crippen molar-refractivity contribution in [2.45, 2.75) is 25.4 Å². The van der Waals surface area contributed by atoms with Gasteiger partial charge in [0.2, 0.25) is 0 Å². The SMILES string of the molecule is Fc1[c]c(CCCC(F)(F)F)c(F)c(F)c1F. The van der Waals surface area contributed by atoms with Gasteiger partial charge in [0.15, 0.2) is 23.3 Å². The molecule has 0 amide bonds. The number of hydrogen-bond acceptors (Lipinski definition) is 0. The van der Waals surface area contributed by atoms with E-state index in [1.165, 1.54) is 0 Å². The van der Waals surface area contributed by atoms with E-state index in [1.54, 1.807) is 6.07 Å². The lowest BCUT2D eigenvalue weighted by molar-refractivity contribution is -0.135. The Morgan fingerprint density at radius 3 is 2.00 bits per heavy atom. The van der Waals surface area contributed by atoms with E-state index in [1.807, 2.05) is 0 Å². The van der Waals surface area contributed by atoms with Crippen LogP contribution in [-0.4, -0.2) is 6.18 Å². The number of hydrogen-bond donors (Lipinski definition) is 0. The molecule has 0 nitrogen and oxygen atoms in total. The zero-order valence-electron chi connectivity index (χ0n) is 8.27. The standard InChI is InChI=1S/C10H6F7/c11-6-4-5(2-1-3-10(15,16)17)7(12)9(14)8(6)13/h1-3H2. The minimum Gasteiger partial charge on any atom is -0.203 e. The molecule has 1 rings (SSSR count). The summed E-state index contributed by atoms with van der Waals surface area (Å²) in [6, 6.07) is 1.55. The summed E-state index contributed by atoms with van der Waals surface area (Å²) in [5, 5.41) is 0. The summed E-state index contributed by atoms with van der Waals surface area (Å²) in [4.78, 5) is 0. The molecule has 1 radical (unpaired) electrons. The second-order valence-corrected chi connectivity index (χ2v) is 3.33. The monoisotopic (exact) mass is 259 g/mol. The van der Waals surface area contributed by atoms with E-state index in [9.17, 15) is 30.7 Å². The lowest BCUT2D eigenvalue weighted by Crippen LogP contribution is -2.08. The van der Waals surface area contributed by atoms with E-state index < -0.39 is 54.3 Å². The van der Waals surface area contributed by atoms with Crippen molar-refractivity contribution in [1.29, 1.82) is 0 Å². The molecule has 0 aromatic heterocycles. The van der Waals surface area contributed by atoms with E-state index in [0.717, 1.165) is 0 Å². The maximum absolute atomic E-state index is 13.0. The third kappa shape index (κ3) is 3.61. The molecule has 0 atom stereocenters. The maximum atomic E-state index is 13.0. The first-order valence-electron chi connectivity index (χ1n) is 4.53. The van der Waals surface area contributed by atoms with Gasteiger partial charge in [0, 0.05) is 18.1 Å². The normalized spacial score (nSPS) is 11.9. The molecule has 0 unspecified atom stereocenters. The Bertz CT molecular complexity index is 408. The van der Waals surface area contributed by atoms with Crippen LogP contribution in [0.4, 0.5) is 30.7 Å². The summed E-state index contributed by atoms with van der Waals surface area (Å²) < 4.78 is 86.1. The lowest BCUT2D eigenvalue weighted by Gasteiger charge is -2.07. The second-order valence-electron chi connectivity index (χ2n) is 3.33. The number of rotatable bonds is 3. The molecule has 0 saturated carbocycles. The van der Waals surface area contributed by atoms with Crippen molar-refractivity contribution in [2.75, 3.05) is 0 Å². The van der Waals surface area contributed by atoms with Gasteiger partial charge in [0.05, 0.1) is 0 Å². The van der Waals surface area contributed by atoms with Gasteiger partial charge in [0.25, 0.3) is 0 Å². The molecule has 0 spiro atoms. The van der Waals surface area contributed by atoms with Gasteiger partial charge >= 0.3 is 6.18 Å². The molecule has 0 aliphatic rings. The minimum absolute atomic E-state index is 0.554. The highest BCUT2D eigenvalue weighted by molar-refractivity contribution is 5.20. The van der Waals surface area contributed by atoms with Gasteiger partial charge in [0.1, 0.15) is 0 Å². The molecule has 0 saturated heterocycles. The van der Waals surface area contributed by atoms with Crippen LogP contribution in [0.3, 0.4) is 0 Å². The fourth-order valence-electron chi connectivity index (χ4n) is 1.21. The fourth-order valence-corrected chi connectivity index (χ4v) is 1.21. The topological polar surface area (TPSA) is 0 Å². The lowest BCUT2D eigenvalue weighted by atomic mass is 10.1. The van der Waals surface area contributed by atoms with Crippen molar-refractivity contribution in [3.63, 3.8) is 0 Å². The Morgan fingerprint density at radius 1 is 0.882 bits per heavy atom. The van der Waals surface area contributed by atoms with E-state index in [4.69, 9.17) is 0 Å². The third-order valence-electron chi connectivity index (χ3n) is 1.99. The first kappa shape index (κ1) is 13.8. The summed E-state index contributed by atoms with van der Waals surface area (Å²) in [7, 11) is 0. The molecule has 0 aliphatic heterocycles. The van der Waals surface area contributed by atoms with Crippen LogP contribution in [0.2, 0.25) is 0 Å². The molecule has 0 N–H and O–H groups in total. The van der Waals surface area contributed by atoms with Crippen LogP contribution in [0.5, 0.6) is 0 Å². The van der Waals surface area contributed by atoms with E-state index in [0.29, 0.717) is 0 Å². The van der Waals surface area contributed by atoms with Gasteiger partial charge in [-0.3, -0.25) is 0 Å². The van der Waals surface area contributed by atoms with Crippen molar-refractivity contribution >= 4 is 0 Å². The molecule has 95 valence electrons. The van der Waals surface area contributed by atoms with Crippen molar-refractivity contribution in [2.24, 2.45) is 0 Å². The van der Waals surface area contributed by atoms with Crippen LogP contribution in [0.1, 0.15) is 18.4 Å². The average molecular weight is 259 g/mol. The largest absolute Gasteiger partial charge is 0.389 e. The van der Waals surface area contributed by atoms with E-state index in [2.05, 4.69) is 0 Å². The fraction of sp³-hybridized carbons (Fsp3) is 0.400. The van der Waals surface area contributed by atoms with Gasteiger partial charge in [-0.05, 0) is 12.8 Å². The summed E-state index contributed by atoms with van der Waals surface area (Å²) >= 11 is 0. The van der Waals surface area contributed by atoms with Crippen LogP contribution in [0.15, 0.2) is 0 Å². The summed E-state index contributed by atoms with van der Waals surface area (Å²) in [5.41, 5.74) is -0.731. The first-order valence-corrected chi connectivity index (χ1v) is 4.53. The zero-order chi connectivity index (χ0) is 13.2. The Morgan fingerprint density at radius 2 is 1.47 bits per heavy atom. The molecule has 0 fully saturated rings. The van der Waals surface area contributed by atoms with Crippen LogP contribution in [0.25, 0.3) is 0 Å². The van der Waals surface area contributed by atoms with E-state index in [-0.39, 0.29) is 0 Å². The smallest absolute Gasteiger partial charge is 0.203 e. The van der Waals surface area contributed by atoms with Crippen molar-refractivity contribution in [1.82, 2.24) is 0 Å². The van der Waals surface area contributed by atoms with Crippen LogP contribution >= 0.6 is 0 Å². The Labute approximate surface area is 92.0 Å². The van der Waals surface area contributed by atoms with Gasteiger partial charge < -0.3 is 0 Å². The molecule has 0 aliphatic carbocycles. The zero-order valence-corrected chi connectivity index (χ0v) is 8.27. The quantitative estimate of drug-likeness (QED) is 0.438. The second kappa shape index (κ2) is 4.93. The van der Waals surface area contributed by atoms with Gasteiger partial charge in [-0.1, -0.05) is 0 Å². The Balaban J connectivity index is 2.79. The number of aryl methyl sites for hydroxylation is 1. The van der Waals surface area contributed by atoms with Crippen LogP contribution in [0, 0.1) is 29.3 Å². The third-order valence-corrected chi connectivity index (χ3v) is 1.99. The number of halogens is 7. The molecular weight excluding hydrogens is 253 g/mol. The molecule has 1 aromatic rings. The molecule has 0 bridgehead atoms. The summed E-state index contributed by atoms with van der Waals surface area (Å²) in [5.74, 6) is -7.51. The molecule has 7 heteroatoms. The summed E-state index contributed by atoms with van der Waals surface area (Å²) in [6.45, 7) is 0.